The quantitative estimate of drug-likeness (QED) is 0.148. The molecule has 0 aliphatic carbocycles. The average Bonchev–Trinajstić information content (AvgIpc) is 3.19. The normalized spacial score (nSPS) is 26.6. The molecule has 7 N–H and O–H groups in total. The first-order valence-corrected chi connectivity index (χ1v) is 12.2. The molecule has 3 heterocycles. The number of methoxy groups -OCH3 is 1. The highest BCUT2D eigenvalue weighted by atomic mass is 31.3. The number of phosphoric ester groups is 1. The van der Waals surface area contributed by atoms with Crippen LogP contribution < -0.4 is 5.73 Å². The molecule has 1 saturated heterocycles. The van der Waals surface area contributed by atoms with E-state index in [4.69, 9.17) is 20.3 Å². The van der Waals surface area contributed by atoms with Crippen LogP contribution >= 0.6 is 15.6 Å². The van der Waals surface area contributed by atoms with Crippen molar-refractivity contribution < 1.29 is 57.1 Å². The molecule has 0 aromatic carbocycles. The molecule has 0 bridgehead atoms. The number of aromatic nitrogens is 3. The molecule has 16 nitrogen and oxygen atoms in total. The van der Waals surface area contributed by atoms with Gasteiger partial charge in [0.1, 0.15) is 35.6 Å². The number of phosphoric acid groups is 2. The molecule has 1 aliphatic rings. The fourth-order valence-electron chi connectivity index (χ4n) is 3.25. The summed E-state index contributed by atoms with van der Waals surface area (Å²) in [5.41, 5.74) is 4.15. The Bertz CT molecular complexity index is 1260. The number of hydrogen-bond donors (Lipinski definition) is 6. The Hall–Kier alpha value is -2.41. The number of aliphatic hydroxyl groups is 2. The van der Waals surface area contributed by atoms with Gasteiger partial charge in [0.15, 0.2) is 6.23 Å². The minimum absolute atomic E-state index is 0.00760. The molecule has 186 valence electrons. The van der Waals surface area contributed by atoms with Crippen molar-refractivity contribution in [2.45, 2.75) is 31.0 Å². The first kappa shape index (κ1) is 26.2. The van der Waals surface area contributed by atoms with E-state index in [0.717, 1.165) is 13.4 Å². The molecular weight excluding hydrogens is 502 g/mol. The summed E-state index contributed by atoms with van der Waals surface area (Å²) in [4.78, 5) is 46.2. The molecule has 18 heteroatoms. The van der Waals surface area contributed by atoms with Crippen LogP contribution in [0.4, 0.5) is 5.82 Å². The van der Waals surface area contributed by atoms with E-state index in [0.29, 0.717) is 0 Å². The summed E-state index contributed by atoms with van der Waals surface area (Å²) >= 11 is 0. The first-order chi connectivity index (χ1) is 15.7. The van der Waals surface area contributed by atoms with Gasteiger partial charge in [0.05, 0.1) is 24.7 Å². The molecule has 0 spiro atoms. The molecule has 34 heavy (non-hydrogen) atoms. The molecule has 1 fully saturated rings. The first-order valence-electron chi connectivity index (χ1n) is 9.17. The van der Waals surface area contributed by atoms with Gasteiger partial charge in [-0.2, -0.15) is 4.31 Å². The van der Waals surface area contributed by atoms with Gasteiger partial charge < -0.3 is 44.7 Å². The second kappa shape index (κ2) is 9.33. The summed E-state index contributed by atoms with van der Waals surface area (Å²) < 4.78 is 42.0. The number of nitrogens with two attached hydrogens (primary N) is 1. The maximum atomic E-state index is 11.7. The second-order valence-electron chi connectivity index (χ2n) is 7.18. The van der Waals surface area contributed by atoms with Gasteiger partial charge in [0.25, 0.3) is 0 Å². The van der Waals surface area contributed by atoms with E-state index in [-0.39, 0.29) is 22.4 Å². The summed E-state index contributed by atoms with van der Waals surface area (Å²) in [6.45, 7) is 0.302. The number of nitrogen functional groups attached to an aromatic ring is 1. The molecule has 5 atom stereocenters. The SMILES string of the molecule is COC(=O)C#Cc1cn([C@@H]2O[C@H](COP(=O)(O)OP(=O)(O)O)[C@@H](O)[C@@]2(C)O)c2ncnc(N)c12. The summed E-state index contributed by atoms with van der Waals surface area (Å²) in [5.74, 6) is 3.93. The molecule has 0 amide bonds. The summed E-state index contributed by atoms with van der Waals surface area (Å²) in [7, 11) is -9.45. The third-order valence-corrected chi connectivity index (χ3v) is 6.89. The number of fused-ring (bicyclic) bond motifs is 1. The number of nitrogens with zero attached hydrogens (tertiary/aromatic N) is 3. The van der Waals surface area contributed by atoms with Crippen LogP contribution in [0.25, 0.3) is 11.0 Å². The van der Waals surface area contributed by atoms with Gasteiger partial charge in [-0.25, -0.2) is 23.9 Å². The van der Waals surface area contributed by atoms with E-state index in [1.54, 1.807) is 0 Å². The monoisotopic (exact) mass is 522 g/mol. The minimum Gasteiger partial charge on any atom is -0.459 e. The van der Waals surface area contributed by atoms with Gasteiger partial charge in [-0.3, -0.25) is 4.52 Å². The van der Waals surface area contributed by atoms with Gasteiger partial charge in [-0.05, 0) is 6.92 Å². The lowest BCUT2D eigenvalue weighted by molar-refractivity contribution is -0.133. The van der Waals surface area contributed by atoms with Crippen molar-refractivity contribution in [1.29, 1.82) is 0 Å². The van der Waals surface area contributed by atoms with Crippen LogP contribution in [0, 0.1) is 11.8 Å². The average molecular weight is 522 g/mol. The van der Waals surface area contributed by atoms with Gasteiger partial charge >= 0.3 is 21.6 Å². The van der Waals surface area contributed by atoms with E-state index in [9.17, 15) is 29.0 Å². The fourth-order valence-corrected chi connectivity index (χ4v) is 4.85. The van der Waals surface area contributed by atoms with Crippen molar-refractivity contribution in [3.63, 3.8) is 0 Å². The zero-order valence-electron chi connectivity index (χ0n) is 17.5. The van der Waals surface area contributed by atoms with E-state index < -0.39 is 52.3 Å². The Kier molecular flexibility index (Phi) is 7.19. The highest BCUT2D eigenvalue weighted by Crippen LogP contribution is 2.58. The van der Waals surface area contributed by atoms with Crippen LogP contribution in [-0.2, 0) is 32.2 Å². The lowest BCUT2D eigenvalue weighted by atomic mass is 9.96. The van der Waals surface area contributed by atoms with Crippen LogP contribution in [0.2, 0.25) is 0 Å². The third-order valence-electron chi connectivity index (χ3n) is 4.74. The Balaban J connectivity index is 1.95. The number of esters is 1. The van der Waals surface area contributed by atoms with Gasteiger partial charge in [0, 0.05) is 12.1 Å². The largest absolute Gasteiger partial charge is 0.481 e. The van der Waals surface area contributed by atoms with Crippen LogP contribution in [0.15, 0.2) is 12.5 Å². The highest BCUT2D eigenvalue weighted by molar-refractivity contribution is 7.60. The summed E-state index contributed by atoms with van der Waals surface area (Å²) in [6.07, 6.45) is -2.11. The number of rotatable bonds is 6. The second-order valence-corrected chi connectivity index (χ2v) is 10.0. The lowest BCUT2D eigenvalue weighted by Crippen LogP contribution is -2.44. The van der Waals surface area contributed by atoms with Crippen molar-refractivity contribution in [2.24, 2.45) is 0 Å². The summed E-state index contributed by atoms with van der Waals surface area (Å²) in [6, 6.07) is 0. The van der Waals surface area contributed by atoms with Crippen molar-refractivity contribution in [2.75, 3.05) is 19.5 Å². The van der Waals surface area contributed by atoms with E-state index >= 15 is 0 Å². The standard InChI is InChI=1S/C16H20N4O12P2/c1-16(23)12(22)9(6-30-34(27,28)32-33(24,25)26)31-15(16)20-5-8(3-4-10(21)29-2)11-13(17)18-7-19-14(11)20/h5,7,9,12,15,22-23H,6H2,1-2H3,(H,27,28)(H2,17,18,19)(H2,24,25,26)/t9-,12-,15-,16-/m1/s1. The highest BCUT2D eigenvalue weighted by Gasteiger charge is 2.54. The number of anilines is 1. The fraction of sp³-hybridized carbons (Fsp3) is 0.438. The van der Waals surface area contributed by atoms with Crippen LogP contribution in [0.5, 0.6) is 0 Å². The topological polar surface area (TPSA) is 246 Å². The zero-order valence-corrected chi connectivity index (χ0v) is 19.3. The van der Waals surface area contributed by atoms with Gasteiger partial charge in [-0.1, -0.05) is 5.92 Å². The molecule has 3 rings (SSSR count). The predicted molar refractivity (Wildman–Crippen MR) is 110 cm³/mol. The van der Waals surface area contributed by atoms with E-state index in [1.807, 2.05) is 0 Å². The van der Waals surface area contributed by atoms with Crippen molar-refractivity contribution in [3.8, 4) is 11.8 Å². The lowest BCUT2D eigenvalue weighted by Gasteiger charge is -2.27. The van der Waals surface area contributed by atoms with Crippen LogP contribution in [0.3, 0.4) is 0 Å². The molecule has 0 saturated carbocycles. The number of carbonyl (C=O) groups excluding carboxylic acids is 1. The molecule has 2 aromatic rings. The maximum absolute atomic E-state index is 11.7. The number of hydrogen-bond acceptors (Lipinski definition) is 12. The van der Waals surface area contributed by atoms with Gasteiger partial charge in [-0.15, -0.1) is 0 Å². The predicted octanol–water partition coefficient (Wildman–Crippen LogP) is -1.23. The molecule has 0 radical (unpaired) electrons. The molecule has 1 aliphatic heterocycles. The molecule has 2 aromatic heterocycles. The number of ether oxygens (including phenoxy) is 2. The van der Waals surface area contributed by atoms with Gasteiger partial charge in [0.2, 0.25) is 0 Å². The third kappa shape index (κ3) is 5.45. The molecule has 1 unspecified atom stereocenters. The maximum Gasteiger partial charge on any atom is 0.481 e. The van der Waals surface area contributed by atoms with E-state index in [2.05, 4.69) is 35.4 Å². The number of aliphatic hydroxyl groups excluding tert-OH is 1. The Morgan fingerprint density at radius 2 is 2.03 bits per heavy atom. The van der Waals surface area contributed by atoms with Crippen molar-refractivity contribution in [1.82, 2.24) is 14.5 Å². The Morgan fingerprint density at radius 1 is 1.35 bits per heavy atom. The van der Waals surface area contributed by atoms with Crippen LogP contribution in [-0.4, -0.2) is 76.9 Å². The Morgan fingerprint density at radius 3 is 2.65 bits per heavy atom. The Labute approximate surface area is 191 Å². The van der Waals surface area contributed by atoms with E-state index in [1.165, 1.54) is 17.7 Å². The summed E-state index contributed by atoms with van der Waals surface area (Å²) in [5, 5.41) is 21.7. The van der Waals surface area contributed by atoms with Crippen molar-refractivity contribution in [3.05, 3.63) is 18.1 Å². The smallest absolute Gasteiger partial charge is 0.459 e. The van der Waals surface area contributed by atoms with Crippen LogP contribution in [0.1, 0.15) is 18.7 Å². The zero-order chi connectivity index (χ0) is 25.5. The minimum atomic E-state index is -5.36. The number of carbonyl (C=O) groups is 1. The molecular formula is C16H20N4O12P2. The van der Waals surface area contributed by atoms with Crippen molar-refractivity contribution >= 4 is 38.5 Å².